The summed E-state index contributed by atoms with van der Waals surface area (Å²) in [7, 11) is 0. The van der Waals surface area contributed by atoms with E-state index in [4.69, 9.17) is 16.4 Å². The summed E-state index contributed by atoms with van der Waals surface area (Å²) in [4.78, 5) is 4.96. The molecule has 0 saturated heterocycles. The molecule has 1 radical (unpaired) electrons. The van der Waals surface area contributed by atoms with Crippen molar-refractivity contribution in [2.45, 2.75) is 20.0 Å². The van der Waals surface area contributed by atoms with Crippen LogP contribution >= 0.6 is 11.6 Å². The number of halogens is 1. The van der Waals surface area contributed by atoms with Gasteiger partial charge in [-0.15, -0.1) is 0 Å². The summed E-state index contributed by atoms with van der Waals surface area (Å²) in [5.74, 6) is 0. The molecule has 1 aromatic rings. The first-order valence-corrected chi connectivity index (χ1v) is 4.43. The van der Waals surface area contributed by atoms with E-state index < -0.39 is 0 Å². The smallest absolute Gasteiger partial charge is 0.139 e. The quantitative estimate of drug-likeness (QED) is 0.538. The van der Waals surface area contributed by atoms with E-state index in [9.17, 15) is 0 Å². The lowest BCUT2D eigenvalue weighted by Gasteiger charge is -1.99. The highest BCUT2D eigenvalue weighted by atomic mass is 35.5. The number of benzene rings is 1. The zero-order chi connectivity index (χ0) is 9.68. The van der Waals surface area contributed by atoms with Crippen LogP contribution in [0.2, 0.25) is 5.02 Å². The first-order chi connectivity index (χ1) is 6.18. The molecule has 0 aromatic heterocycles. The number of hydrogen-bond acceptors (Lipinski definition) is 2. The Hall–Kier alpha value is -1.02. The lowest BCUT2D eigenvalue weighted by Crippen LogP contribution is -1.95. The lowest BCUT2D eigenvalue weighted by molar-refractivity contribution is 0.0874. The SMILES string of the molecule is CC(C)O/N=[C]/c1cccc(Cl)c1. The molecule has 0 heterocycles. The van der Waals surface area contributed by atoms with Crippen molar-refractivity contribution < 1.29 is 4.84 Å². The molecule has 0 saturated carbocycles. The molecular weight excluding hydrogens is 186 g/mol. The fourth-order valence-electron chi connectivity index (χ4n) is 0.742. The van der Waals surface area contributed by atoms with Crippen molar-refractivity contribution in [1.29, 1.82) is 0 Å². The first-order valence-electron chi connectivity index (χ1n) is 4.06. The second-order valence-corrected chi connectivity index (χ2v) is 3.30. The minimum atomic E-state index is 0.0756. The van der Waals surface area contributed by atoms with E-state index in [2.05, 4.69) is 11.4 Å². The van der Waals surface area contributed by atoms with Gasteiger partial charge in [-0.3, -0.25) is 0 Å². The molecular formula is C10H11ClNO. The molecule has 0 unspecified atom stereocenters. The standard InChI is InChI=1S/C10H11ClNO/c1-8(2)13-12-7-9-4-3-5-10(11)6-9/h3-6,8H,1-2H3. The Morgan fingerprint density at radius 2 is 2.23 bits per heavy atom. The Morgan fingerprint density at radius 3 is 2.85 bits per heavy atom. The van der Waals surface area contributed by atoms with Crippen molar-refractivity contribution in [2.75, 3.05) is 0 Å². The van der Waals surface area contributed by atoms with Crippen LogP contribution < -0.4 is 0 Å². The Bertz CT molecular complexity index is 297. The Balaban J connectivity index is 2.58. The minimum absolute atomic E-state index is 0.0756. The maximum atomic E-state index is 5.76. The van der Waals surface area contributed by atoms with Gasteiger partial charge in [0.25, 0.3) is 0 Å². The third-order valence-corrected chi connectivity index (χ3v) is 1.50. The maximum Gasteiger partial charge on any atom is 0.139 e. The van der Waals surface area contributed by atoms with E-state index in [0.717, 1.165) is 5.56 Å². The van der Waals surface area contributed by atoms with Crippen LogP contribution in [-0.4, -0.2) is 12.3 Å². The van der Waals surface area contributed by atoms with Crippen LogP contribution in [0.15, 0.2) is 29.4 Å². The predicted molar refractivity (Wildman–Crippen MR) is 54.2 cm³/mol. The van der Waals surface area contributed by atoms with Gasteiger partial charge < -0.3 is 4.84 Å². The molecule has 69 valence electrons. The third kappa shape index (κ3) is 3.95. The molecule has 0 bridgehead atoms. The Kier molecular flexibility index (Phi) is 3.77. The molecule has 1 aromatic carbocycles. The molecule has 3 heteroatoms. The monoisotopic (exact) mass is 196 g/mol. The highest BCUT2D eigenvalue weighted by molar-refractivity contribution is 6.30. The lowest BCUT2D eigenvalue weighted by atomic mass is 10.2. The zero-order valence-corrected chi connectivity index (χ0v) is 8.38. The van der Waals surface area contributed by atoms with E-state index in [1.807, 2.05) is 26.0 Å². The molecule has 0 N–H and O–H groups in total. The van der Waals surface area contributed by atoms with Gasteiger partial charge in [0.05, 0.1) is 0 Å². The molecule has 0 spiro atoms. The second kappa shape index (κ2) is 4.87. The van der Waals surface area contributed by atoms with Gasteiger partial charge in [-0.05, 0) is 26.0 Å². The molecule has 0 aliphatic rings. The number of nitrogens with zero attached hydrogens (tertiary/aromatic N) is 1. The van der Waals surface area contributed by atoms with Crippen molar-refractivity contribution in [3.05, 3.63) is 34.9 Å². The van der Waals surface area contributed by atoms with E-state index in [1.54, 1.807) is 12.1 Å². The van der Waals surface area contributed by atoms with Crippen LogP contribution in [0.5, 0.6) is 0 Å². The first kappa shape index (κ1) is 10.1. The van der Waals surface area contributed by atoms with Gasteiger partial charge in [0.2, 0.25) is 0 Å². The fraction of sp³-hybridized carbons (Fsp3) is 0.300. The van der Waals surface area contributed by atoms with Gasteiger partial charge in [-0.25, -0.2) is 0 Å². The predicted octanol–water partition coefficient (Wildman–Crippen LogP) is 2.98. The summed E-state index contributed by atoms with van der Waals surface area (Å²) in [6, 6.07) is 7.28. The van der Waals surface area contributed by atoms with Gasteiger partial charge >= 0.3 is 0 Å². The normalized spacial score (nSPS) is 11.1. The van der Waals surface area contributed by atoms with Crippen molar-refractivity contribution in [3.8, 4) is 0 Å². The summed E-state index contributed by atoms with van der Waals surface area (Å²) < 4.78 is 0. The molecule has 0 atom stereocenters. The van der Waals surface area contributed by atoms with Crippen molar-refractivity contribution in [1.82, 2.24) is 0 Å². The fourth-order valence-corrected chi connectivity index (χ4v) is 0.933. The van der Waals surface area contributed by atoms with Crippen molar-refractivity contribution in [2.24, 2.45) is 5.16 Å². The summed E-state index contributed by atoms with van der Waals surface area (Å²) >= 11 is 5.76. The zero-order valence-electron chi connectivity index (χ0n) is 7.62. The van der Waals surface area contributed by atoms with Crippen molar-refractivity contribution in [3.63, 3.8) is 0 Å². The topological polar surface area (TPSA) is 21.6 Å². The van der Waals surface area contributed by atoms with Crippen LogP contribution in [0.3, 0.4) is 0 Å². The van der Waals surface area contributed by atoms with Gasteiger partial charge in [-0.2, -0.15) is 0 Å². The van der Waals surface area contributed by atoms with Crippen LogP contribution in [0.4, 0.5) is 0 Å². The third-order valence-electron chi connectivity index (χ3n) is 1.26. The highest BCUT2D eigenvalue weighted by Crippen LogP contribution is 2.08. The molecule has 0 aliphatic heterocycles. The van der Waals surface area contributed by atoms with Crippen molar-refractivity contribution >= 4 is 17.8 Å². The van der Waals surface area contributed by atoms with E-state index in [-0.39, 0.29) is 6.10 Å². The molecule has 2 nitrogen and oxygen atoms in total. The Morgan fingerprint density at radius 1 is 1.46 bits per heavy atom. The van der Waals surface area contributed by atoms with Crippen LogP contribution in [0.1, 0.15) is 19.4 Å². The molecule has 0 amide bonds. The summed E-state index contributed by atoms with van der Waals surface area (Å²) in [5.41, 5.74) is 0.813. The minimum Gasteiger partial charge on any atom is -0.393 e. The summed E-state index contributed by atoms with van der Waals surface area (Å²) in [6.07, 6.45) is 2.81. The summed E-state index contributed by atoms with van der Waals surface area (Å²) in [6.45, 7) is 3.81. The molecule has 0 aliphatic carbocycles. The van der Waals surface area contributed by atoms with E-state index >= 15 is 0 Å². The van der Waals surface area contributed by atoms with Gasteiger partial charge in [0.15, 0.2) is 0 Å². The van der Waals surface area contributed by atoms with E-state index in [0.29, 0.717) is 5.02 Å². The molecule has 13 heavy (non-hydrogen) atoms. The Labute approximate surface area is 83.2 Å². The number of rotatable bonds is 3. The van der Waals surface area contributed by atoms with Crippen LogP contribution in [0.25, 0.3) is 0 Å². The van der Waals surface area contributed by atoms with Crippen LogP contribution in [0, 0.1) is 0 Å². The maximum absolute atomic E-state index is 5.76. The summed E-state index contributed by atoms with van der Waals surface area (Å²) in [5, 5.41) is 4.34. The number of hydrogen-bond donors (Lipinski definition) is 0. The van der Waals surface area contributed by atoms with Gasteiger partial charge in [0.1, 0.15) is 12.3 Å². The average Bonchev–Trinajstić information content (AvgIpc) is 2.03. The average molecular weight is 197 g/mol. The van der Waals surface area contributed by atoms with E-state index in [1.165, 1.54) is 0 Å². The highest BCUT2D eigenvalue weighted by Gasteiger charge is 1.92. The van der Waals surface area contributed by atoms with Crippen LogP contribution in [-0.2, 0) is 4.84 Å². The molecule has 0 fully saturated rings. The largest absolute Gasteiger partial charge is 0.393 e. The second-order valence-electron chi connectivity index (χ2n) is 2.87. The van der Waals surface area contributed by atoms with Gasteiger partial charge in [0, 0.05) is 10.6 Å². The molecule has 1 rings (SSSR count). The van der Waals surface area contributed by atoms with Gasteiger partial charge in [-0.1, -0.05) is 28.9 Å².